The van der Waals surface area contributed by atoms with Gasteiger partial charge in [-0.25, -0.2) is 13.4 Å². The van der Waals surface area contributed by atoms with Crippen LogP contribution in [0.1, 0.15) is 69.4 Å². The number of thiophene rings is 1. The summed E-state index contributed by atoms with van der Waals surface area (Å²) in [5.74, 6) is -0.435. The molecule has 1 heterocycles. The number of carbonyl (C=O) groups excluding carboxylic acids is 1. The Bertz CT molecular complexity index is 920. The van der Waals surface area contributed by atoms with Gasteiger partial charge in [0.15, 0.2) is 0 Å². The standard InChI is InChI=1S/C20H30FN3O3S2/c1-11(2)14-9-13(21)10-15(12(3)4)18(14)23-19(25)24-29(22,27)17-8-7-16(28-17)20(5,6)26/h7-12,26,29H,1-6H3,(H4,22,23,24,25,27). The molecule has 1 aromatic heterocycles. The third kappa shape index (κ3) is 5.63. The molecule has 1 aromatic carbocycles. The van der Waals surface area contributed by atoms with E-state index in [1.165, 1.54) is 18.2 Å². The van der Waals surface area contributed by atoms with E-state index >= 15 is 0 Å². The van der Waals surface area contributed by atoms with Crippen molar-refractivity contribution in [2.45, 2.75) is 63.2 Å². The van der Waals surface area contributed by atoms with Crippen molar-refractivity contribution in [3.8, 4) is 0 Å². The Morgan fingerprint density at radius 3 is 2.10 bits per heavy atom. The molecule has 5 N–H and O–H groups in total. The number of hydrogen-bond acceptors (Lipinski definition) is 4. The highest BCUT2D eigenvalue weighted by atomic mass is 32.3. The van der Waals surface area contributed by atoms with Crippen molar-refractivity contribution in [2.24, 2.45) is 5.14 Å². The lowest BCUT2D eigenvalue weighted by molar-refractivity contribution is 0.0825. The van der Waals surface area contributed by atoms with Gasteiger partial charge >= 0.3 is 6.03 Å². The maximum Gasteiger partial charge on any atom is 0.330 e. The van der Waals surface area contributed by atoms with Crippen LogP contribution in [-0.4, -0.2) is 15.3 Å². The number of nitrogens with two attached hydrogens (primary N) is 1. The number of anilines is 1. The largest absolute Gasteiger partial charge is 0.385 e. The normalized spacial score (nSPS) is 13.1. The van der Waals surface area contributed by atoms with Gasteiger partial charge < -0.3 is 10.4 Å². The Hall–Kier alpha value is -1.81. The summed E-state index contributed by atoms with van der Waals surface area (Å²) < 4.78 is 29.6. The summed E-state index contributed by atoms with van der Waals surface area (Å²) in [7, 11) is -3.70. The first kappa shape index (κ1) is 23.5. The van der Waals surface area contributed by atoms with E-state index in [-0.39, 0.29) is 21.9 Å². The molecule has 29 heavy (non-hydrogen) atoms. The number of halogens is 1. The SMILES string of the molecule is CC(C)c1cc(F)cc(C(C)C)c1NC(=O)N[SH](N)(=O)c1ccc(C(C)(C)O)s1. The first-order valence-electron chi connectivity index (χ1n) is 9.37. The van der Waals surface area contributed by atoms with Gasteiger partial charge in [0.2, 0.25) is 0 Å². The number of amides is 2. The third-order valence-corrected chi connectivity index (χ3v) is 8.06. The lowest BCUT2D eigenvalue weighted by Gasteiger charge is -2.23. The van der Waals surface area contributed by atoms with Crippen LogP contribution in [0, 0.1) is 5.82 Å². The van der Waals surface area contributed by atoms with Crippen molar-refractivity contribution in [3.63, 3.8) is 0 Å². The summed E-state index contributed by atoms with van der Waals surface area (Å²) >= 11 is 1.08. The van der Waals surface area contributed by atoms with E-state index in [1.807, 2.05) is 27.7 Å². The van der Waals surface area contributed by atoms with Crippen LogP contribution in [0.15, 0.2) is 28.5 Å². The van der Waals surface area contributed by atoms with Crippen molar-refractivity contribution in [3.05, 3.63) is 46.1 Å². The molecule has 0 saturated carbocycles. The van der Waals surface area contributed by atoms with Crippen LogP contribution in [0.4, 0.5) is 14.9 Å². The van der Waals surface area contributed by atoms with E-state index in [1.54, 1.807) is 19.9 Å². The molecule has 162 valence electrons. The molecule has 0 unspecified atom stereocenters. The van der Waals surface area contributed by atoms with Crippen molar-refractivity contribution in [1.29, 1.82) is 0 Å². The fourth-order valence-corrected chi connectivity index (χ4v) is 5.37. The quantitative estimate of drug-likeness (QED) is 0.429. The zero-order valence-corrected chi connectivity index (χ0v) is 19.2. The van der Waals surface area contributed by atoms with E-state index in [2.05, 4.69) is 10.0 Å². The van der Waals surface area contributed by atoms with Gasteiger partial charge in [0.05, 0.1) is 9.81 Å². The van der Waals surface area contributed by atoms with Gasteiger partial charge in [0, 0.05) is 20.9 Å². The zero-order valence-electron chi connectivity index (χ0n) is 17.5. The number of benzene rings is 1. The minimum atomic E-state index is -3.70. The van der Waals surface area contributed by atoms with E-state index in [0.717, 1.165) is 11.3 Å². The minimum Gasteiger partial charge on any atom is -0.385 e. The topological polar surface area (TPSA) is 104 Å². The van der Waals surface area contributed by atoms with Gasteiger partial charge in [-0.3, -0.25) is 9.86 Å². The summed E-state index contributed by atoms with van der Waals surface area (Å²) in [5, 5.41) is 18.7. The van der Waals surface area contributed by atoms with Crippen molar-refractivity contribution >= 4 is 33.4 Å². The molecule has 0 atom stereocenters. The fourth-order valence-electron chi connectivity index (χ4n) is 2.89. The Labute approximate surface area is 176 Å². The first-order valence-corrected chi connectivity index (χ1v) is 12.0. The van der Waals surface area contributed by atoms with Gasteiger partial charge in [0.1, 0.15) is 5.82 Å². The van der Waals surface area contributed by atoms with E-state index in [0.29, 0.717) is 21.7 Å². The lowest BCUT2D eigenvalue weighted by Crippen LogP contribution is -2.44. The molecular weight excluding hydrogens is 413 g/mol. The fraction of sp³-hybridized carbons (Fsp3) is 0.450. The van der Waals surface area contributed by atoms with Crippen molar-refractivity contribution < 1.29 is 18.5 Å². The second-order valence-electron chi connectivity index (χ2n) is 8.19. The summed E-state index contributed by atoms with van der Waals surface area (Å²) in [5.41, 5.74) is 0.696. The molecule has 0 spiro atoms. The number of rotatable bonds is 6. The highest BCUT2D eigenvalue weighted by Crippen LogP contribution is 2.34. The third-order valence-electron chi connectivity index (χ3n) is 4.44. The molecule has 0 aliphatic heterocycles. The summed E-state index contributed by atoms with van der Waals surface area (Å²) in [6, 6.07) is 5.22. The Morgan fingerprint density at radius 1 is 1.17 bits per heavy atom. The zero-order chi connectivity index (χ0) is 22.1. The Balaban J connectivity index is 2.31. The second kappa shape index (κ2) is 8.51. The maximum absolute atomic E-state index is 14.0. The van der Waals surface area contributed by atoms with E-state index < -0.39 is 21.9 Å². The second-order valence-corrected chi connectivity index (χ2v) is 11.6. The molecule has 0 aliphatic carbocycles. The van der Waals surface area contributed by atoms with Crippen LogP contribution in [0.5, 0.6) is 0 Å². The van der Waals surface area contributed by atoms with Gasteiger partial charge in [-0.1, -0.05) is 27.7 Å². The number of hydrogen-bond donors (Lipinski definition) is 5. The van der Waals surface area contributed by atoms with Crippen molar-refractivity contribution in [2.75, 3.05) is 5.32 Å². The van der Waals surface area contributed by atoms with Gasteiger partial charge in [-0.15, -0.1) is 11.3 Å². The predicted molar refractivity (Wildman–Crippen MR) is 118 cm³/mol. The van der Waals surface area contributed by atoms with Crippen LogP contribution in [0.3, 0.4) is 0 Å². The molecule has 9 heteroatoms. The molecule has 6 nitrogen and oxygen atoms in total. The van der Waals surface area contributed by atoms with E-state index in [4.69, 9.17) is 5.14 Å². The number of urea groups is 1. The average molecular weight is 444 g/mol. The Morgan fingerprint density at radius 2 is 1.69 bits per heavy atom. The Kier molecular flexibility index (Phi) is 6.89. The first-order chi connectivity index (χ1) is 13.2. The number of thiol groups is 1. The van der Waals surface area contributed by atoms with Crippen LogP contribution >= 0.6 is 11.3 Å². The molecule has 0 fully saturated rings. The van der Waals surface area contributed by atoms with Crippen LogP contribution < -0.4 is 15.2 Å². The monoisotopic (exact) mass is 443 g/mol. The molecule has 2 aromatic rings. The number of nitrogens with one attached hydrogen (secondary N) is 2. The van der Waals surface area contributed by atoms with E-state index in [9.17, 15) is 18.5 Å². The molecule has 0 aliphatic rings. The smallest absolute Gasteiger partial charge is 0.330 e. The summed E-state index contributed by atoms with van der Waals surface area (Å²) in [6.45, 7) is 10.8. The number of aliphatic hydroxyl groups is 1. The van der Waals surface area contributed by atoms with Gasteiger partial charge in [-0.2, -0.15) is 0 Å². The minimum absolute atomic E-state index is 0.0326. The molecular formula is C20H30FN3O3S2. The highest BCUT2D eigenvalue weighted by Gasteiger charge is 2.24. The van der Waals surface area contributed by atoms with Gasteiger partial charge in [0.25, 0.3) is 0 Å². The molecule has 0 saturated heterocycles. The van der Waals surface area contributed by atoms with Crippen LogP contribution in [0.2, 0.25) is 0 Å². The van der Waals surface area contributed by atoms with Gasteiger partial charge in [-0.05, 0) is 61.1 Å². The van der Waals surface area contributed by atoms with Crippen LogP contribution in [-0.2, 0) is 15.9 Å². The maximum atomic E-state index is 14.0. The molecule has 0 radical (unpaired) electrons. The average Bonchev–Trinajstić information content (AvgIpc) is 3.06. The highest BCUT2D eigenvalue weighted by molar-refractivity contribution is 8.01. The number of carbonyl (C=O) groups is 1. The summed E-state index contributed by atoms with van der Waals surface area (Å²) in [6.07, 6.45) is 0. The predicted octanol–water partition coefficient (Wildman–Crippen LogP) is 4.35. The summed E-state index contributed by atoms with van der Waals surface area (Å²) in [4.78, 5) is 13.2. The molecule has 2 rings (SSSR count). The van der Waals surface area contributed by atoms with Crippen LogP contribution in [0.25, 0.3) is 0 Å². The molecule has 2 amide bonds. The lowest BCUT2D eigenvalue weighted by atomic mass is 9.92. The molecule has 0 bridgehead atoms. The van der Waals surface area contributed by atoms with Crippen molar-refractivity contribution in [1.82, 2.24) is 4.72 Å².